The van der Waals surface area contributed by atoms with Crippen molar-refractivity contribution in [2.24, 2.45) is 0 Å². The Hall–Kier alpha value is -2.22. The molecule has 3 aromatic heterocycles. The van der Waals surface area contributed by atoms with Gasteiger partial charge in [0.05, 0.1) is 34.2 Å². The standard InChI is InChI=1S/C21H21Cl2N5O2/c1-21(2)8-12(13-10-24-17-7-16(23)27-28(17)19(13)21)20(29)26-11-6-14(22)18(25-9-11)15-4-3-5-30-15/h6-7,9-10,12,15H,3-5,8H2,1-2H3,(H,26,29)/t12-,15-/m0/s1. The van der Waals surface area contributed by atoms with Crippen LogP contribution in [0.3, 0.4) is 0 Å². The molecule has 3 aromatic rings. The van der Waals surface area contributed by atoms with Crippen LogP contribution in [-0.4, -0.2) is 32.1 Å². The highest BCUT2D eigenvalue weighted by Gasteiger charge is 2.43. The van der Waals surface area contributed by atoms with Gasteiger partial charge in [-0.15, -0.1) is 0 Å². The topological polar surface area (TPSA) is 81.4 Å². The van der Waals surface area contributed by atoms with Crippen LogP contribution < -0.4 is 5.32 Å². The Kier molecular flexibility index (Phi) is 4.72. The number of halogens is 2. The second-order valence-corrected chi connectivity index (χ2v) is 9.32. The van der Waals surface area contributed by atoms with E-state index in [9.17, 15) is 4.79 Å². The number of nitrogens with one attached hydrogen (secondary N) is 1. The van der Waals surface area contributed by atoms with Crippen LogP contribution in [0.4, 0.5) is 5.69 Å². The van der Waals surface area contributed by atoms with E-state index in [2.05, 4.69) is 34.2 Å². The highest BCUT2D eigenvalue weighted by molar-refractivity contribution is 6.31. The molecule has 1 fully saturated rings. The summed E-state index contributed by atoms with van der Waals surface area (Å²) in [5, 5.41) is 8.21. The lowest BCUT2D eigenvalue weighted by Gasteiger charge is -2.19. The van der Waals surface area contributed by atoms with E-state index < -0.39 is 0 Å². The summed E-state index contributed by atoms with van der Waals surface area (Å²) in [6.07, 6.45) is 5.87. The molecule has 156 valence electrons. The normalized spacial score (nSPS) is 22.4. The summed E-state index contributed by atoms with van der Waals surface area (Å²) in [6.45, 7) is 4.92. The summed E-state index contributed by atoms with van der Waals surface area (Å²) in [7, 11) is 0. The van der Waals surface area contributed by atoms with Gasteiger partial charge in [-0.25, -0.2) is 9.50 Å². The average molecular weight is 446 g/mol. The number of rotatable bonds is 3. The molecule has 9 heteroatoms. The number of hydrogen-bond acceptors (Lipinski definition) is 5. The molecule has 7 nitrogen and oxygen atoms in total. The molecule has 4 heterocycles. The van der Waals surface area contributed by atoms with Crippen LogP contribution in [0.1, 0.15) is 62.1 Å². The molecule has 0 radical (unpaired) electrons. The van der Waals surface area contributed by atoms with Crippen molar-refractivity contribution in [2.45, 2.75) is 50.5 Å². The van der Waals surface area contributed by atoms with E-state index in [1.165, 1.54) is 0 Å². The molecule has 0 unspecified atom stereocenters. The number of pyridine rings is 1. The average Bonchev–Trinajstić information content (AvgIpc) is 3.39. The van der Waals surface area contributed by atoms with Gasteiger partial charge in [0.15, 0.2) is 10.8 Å². The molecule has 1 amide bonds. The third-order valence-electron chi connectivity index (χ3n) is 5.90. The predicted octanol–water partition coefficient (Wildman–Crippen LogP) is 4.69. The van der Waals surface area contributed by atoms with Crippen LogP contribution in [0.5, 0.6) is 0 Å². The molecule has 0 spiro atoms. The number of fused-ring (bicyclic) bond motifs is 3. The Morgan fingerprint density at radius 2 is 2.10 bits per heavy atom. The summed E-state index contributed by atoms with van der Waals surface area (Å²) in [6, 6.07) is 3.45. The van der Waals surface area contributed by atoms with E-state index in [-0.39, 0.29) is 23.3 Å². The predicted molar refractivity (Wildman–Crippen MR) is 114 cm³/mol. The number of ether oxygens (including phenoxy) is 1. The molecule has 1 N–H and O–H groups in total. The molecule has 1 saturated heterocycles. The van der Waals surface area contributed by atoms with Gasteiger partial charge in [-0.3, -0.25) is 9.78 Å². The Labute approximate surface area is 183 Å². The molecular formula is C21H21Cl2N5O2. The maximum Gasteiger partial charge on any atom is 0.232 e. The van der Waals surface area contributed by atoms with E-state index in [1.54, 1.807) is 29.0 Å². The van der Waals surface area contributed by atoms with Gasteiger partial charge in [0.25, 0.3) is 0 Å². The SMILES string of the molecule is CC1(C)C[C@H](C(=O)Nc2cnc([C@@H]3CCCO3)c(Cl)c2)c2cnc3cc(Cl)nn3c21. The monoisotopic (exact) mass is 445 g/mol. The molecule has 1 aliphatic carbocycles. The van der Waals surface area contributed by atoms with E-state index in [0.29, 0.717) is 27.9 Å². The lowest BCUT2D eigenvalue weighted by molar-refractivity contribution is -0.117. The van der Waals surface area contributed by atoms with Crippen LogP contribution in [0.25, 0.3) is 5.65 Å². The molecule has 2 atom stereocenters. The number of carbonyl (C=O) groups is 1. The van der Waals surface area contributed by atoms with Gasteiger partial charge < -0.3 is 10.1 Å². The van der Waals surface area contributed by atoms with Gasteiger partial charge in [0.2, 0.25) is 5.91 Å². The zero-order chi connectivity index (χ0) is 21.0. The van der Waals surface area contributed by atoms with Crippen LogP contribution in [0.2, 0.25) is 10.2 Å². The second kappa shape index (κ2) is 7.18. The highest BCUT2D eigenvalue weighted by Crippen LogP contribution is 2.46. The van der Waals surface area contributed by atoms with Crippen LogP contribution in [-0.2, 0) is 14.9 Å². The fraction of sp³-hybridized carbons (Fsp3) is 0.429. The number of anilines is 1. The third-order valence-corrected chi connectivity index (χ3v) is 6.39. The fourth-order valence-electron chi connectivity index (χ4n) is 4.58. The van der Waals surface area contributed by atoms with E-state index in [1.807, 2.05) is 0 Å². The van der Waals surface area contributed by atoms with E-state index >= 15 is 0 Å². The van der Waals surface area contributed by atoms with Crippen molar-refractivity contribution in [1.82, 2.24) is 19.6 Å². The number of aromatic nitrogens is 4. The van der Waals surface area contributed by atoms with Gasteiger partial charge in [-0.2, -0.15) is 5.10 Å². The molecule has 30 heavy (non-hydrogen) atoms. The van der Waals surface area contributed by atoms with Crippen molar-refractivity contribution in [3.8, 4) is 0 Å². The first kappa shape index (κ1) is 19.7. The second-order valence-electron chi connectivity index (χ2n) is 8.52. The minimum atomic E-state index is -0.355. The summed E-state index contributed by atoms with van der Waals surface area (Å²) in [4.78, 5) is 22.0. The number of nitrogens with zero attached hydrogens (tertiary/aromatic N) is 4. The van der Waals surface area contributed by atoms with Crippen molar-refractivity contribution in [2.75, 3.05) is 11.9 Å². The number of hydrogen-bond donors (Lipinski definition) is 1. The molecule has 2 aliphatic rings. The van der Waals surface area contributed by atoms with Crippen molar-refractivity contribution < 1.29 is 9.53 Å². The van der Waals surface area contributed by atoms with Crippen LogP contribution in [0.15, 0.2) is 24.5 Å². The highest BCUT2D eigenvalue weighted by atomic mass is 35.5. The summed E-state index contributed by atoms with van der Waals surface area (Å²) < 4.78 is 7.41. The Balaban J connectivity index is 1.43. The molecule has 5 rings (SSSR count). The Morgan fingerprint density at radius 1 is 1.27 bits per heavy atom. The van der Waals surface area contributed by atoms with Crippen molar-refractivity contribution in [1.29, 1.82) is 0 Å². The van der Waals surface area contributed by atoms with Gasteiger partial charge in [-0.05, 0) is 25.3 Å². The summed E-state index contributed by atoms with van der Waals surface area (Å²) in [5.74, 6) is -0.476. The third kappa shape index (κ3) is 3.25. The Bertz CT molecular complexity index is 1150. The lowest BCUT2D eigenvalue weighted by Crippen LogP contribution is -2.21. The fourth-order valence-corrected chi connectivity index (χ4v) is 5.04. The quantitative estimate of drug-likeness (QED) is 0.632. The molecule has 0 saturated carbocycles. The molecule has 1 aliphatic heterocycles. The molecular weight excluding hydrogens is 425 g/mol. The van der Waals surface area contributed by atoms with Crippen LogP contribution >= 0.6 is 23.2 Å². The van der Waals surface area contributed by atoms with E-state index in [0.717, 1.165) is 36.4 Å². The van der Waals surface area contributed by atoms with Gasteiger partial charge in [-0.1, -0.05) is 37.0 Å². The van der Waals surface area contributed by atoms with Crippen molar-refractivity contribution in [3.63, 3.8) is 0 Å². The van der Waals surface area contributed by atoms with Gasteiger partial charge in [0, 0.05) is 29.8 Å². The zero-order valence-corrected chi connectivity index (χ0v) is 18.2. The number of amides is 1. The largest absolute Gasteiger partial charge is 0.372 e. The molecule has 0 bridgehead atoms. The first-order chi connectivity index (χ1) is 14.3. The minimum absolute atomic E-state index is 0.0702. The molecule has 0 aromatic carbocycles. The van der Waals surface area contributed by atoms with Crippen LogP contribution in [0, 0.1) is 0 Å². The lowest BCUT2D eigenvalue weighted by atomic mass is 9.88. The minimum Gasteiger partial charge on any atom is -0.372 e. The maximum absolute atomic E-state index is 13.2. The number of carbonyl (C=O) groups excluding carboxylic acids is 1. The smallest absolute Gasteiger partial charge is 0.232 e. The summed E-state index contributed by atoms with van der Waals surface area (Å²) in [5.41, 5.74) is 3.53. The van der Waals surface area contributed by atoms with Crippen molar-refractivity contribution in [3.05, 3.63) is 51.7 Å². The van der Waals surface area contributed by atoms with E-state index in [4.69, 9.17) is 27.9 Å². The first-order valence-electron chi connectivity index (χ1n) is 9.96. The van der Waals surface area contributed by atoms with Gasteiger partial charge >= 0.3 is 0 Å². The van der Waals surface area contributed by atoms with Crippen molar-refractivity contribution >= 4 is 40.4 Å². The first-order valence-corrected chi connectivity index (χ1v) is 10.7. The Morgan fingerprint density at radius 3 is 2.83 bits per heavy atom. The zero-order valence-electron chi connectivity index (χ0n) is 16.7. The van der Waals surface area contributed by atoms with Gasteiger partial charge in [0.1, 0.15) is 6.10 Å². The summed E-state index contributed by atoms with van der Waals surface area (Å²) >= 11 is 12.5. The maximum atomic E-state index is 13.2.